The number of carbonyl (C=O) groups is 1. The van der Waals surface area contributed by atoms with Crippen LogP contribution in [0.3, 0.4) is 0 Å². The molecule has 0 amide bonds. The summed E-state index contributed by atoms with van der Waals surface area (Å²) in [5.41, 5.74) is 3.59. The highest BCUT2D eigenvalue weighted by Gasteiger charge is 2.37. The smallest absolute Gasteiger partial charge is 0.416 e. The van der Waals surface area contributed by atoms with Gasteiger partial charge in [0, 0.05) is 30.5 Å². The fourth-order valence-electron chi connectivity index (χ4n) is 6.39. The van der Waals surface area contributed by atoms with E-state index in [1.165, 1.54) is 41.9 Å². The molecule has 1 aromatic carbocycles. The Balaban J connectivity index is 1.11. The number of pyridine rings is 1. The van der Waals surface area contributed by atoms with Gasteiger partial charge in [-0.15, -0.1) is 0 Å². The molecule has 37 heavy (non-hydrogen) atoms. The second kappa shape index (κ2) is 11.1. The first-order valence-electron chi connectivity index (χ1n) is 13.6. The van der Waals surface area contributed by atoms with Crippen LogP contribution in [0.4, 0.5) is 13.2 Å². The number of benzene rings is 1. The molecular formula is C29H36F3N3O2. The number of alkyl halides is 3. The number of carboxylic acid groups (broad SMARTS) is 1. The molecule has 0 saturated carbocycles. The van der Waals surface area contributed by atoms with Gasteiger partial charge < -0.3 is 5.11 Å². The van der Waals surface area contributed by atoms with Crippen LogP contribution >= 0.6 is 0 Å². The summed E-state index contributed by atoms with van der Waals surface area (Å²) < 4.78 is 38.8. The van der Waals surface area contributed by atoms with Crippen molar-refractivity contribution in [1.29, 1.82) is 0 Å². The van der Waals surface area contributed by atoms with Crippen molar-refractivity contribution in [2.24, 2.45) is 5.92 Å². The van der Waals surface area contributed by atoms with Gasteiger partial charge in [0.1, 0.15) is 6.04 Å². The van der Waals surface area contributed by atoms with Gasteiger partial charge in [-0.1, -0.05) is 18.2 Å². The highest BCUT2D eigenvalue weighted by atomic mass is 19.4. The summed E-state index contributed by atoms with van der Waals surface area (Å²) in [5, 5.41) is 9.88. The van der Waals surface area contributed by atoms with Gasteiger partial charge in [-0.2, -0.15) is 13.2 Å². The first kappa shape index (κ1) is 26.2. The van der Waals surface area contributed by atoms with E-state index >= 15 is 0 Å². The normalized spacial score (nSPS) is 22.6. The maximum Gasteiger partial charge on any atom is 0.416 e. The molecule has 8 heteroatoms. The molecule has 200 valence electrons. The molecule has 3 heterocycles. The lowest BCUT2D eigenvalue weighted by Gasteiger charge is -2.36. The lowest BCUT2D eigenvalue weighted by molar-refractivity contribution is -0.143. The van der Waals surface area contributed by atoms with Crippen molar-refractivity contribution in [2.45, 2.75) is 76.0 Å². The molecule has 3 aliphatic rings. The lowest BCUT2D eigenvalue weighted by Crippen LogP contribution is -2.43. The summed E-state index contributed by atoms with van der Waals surface area (Å²) in [6, 6.07) is 8.42. The van der Waals surface area contributed by atoms with Crippen LogP contribution in [0.5, 0.6) is 0 Å². The zero-order valence-corrected chi connectivity index (χ0v) is 21.2. The van der Waals surface area contributed by atoms with E-state index in [0.717, 1.165) is 70.2 Å². The number of halogens is 3. The van der Waals surface area contributed by atoms with E-state index in [9.17, 15) is 23.1 Å². The highest BCUT2D eigenvalue weighted by molar-refractivity contribution is 5.75. The third-order valence-corrected chi connectivity index (χ3v) is 8.56. The molecule has 2 aliphatic heterocycles. The van der Waals surface area contributed by atoms with Gasteiger partial charge in [0.05, 0.1) is 5.56 Å². The Morgan fingerprint density at radius 2 is 1.73 bits per heavy atom. The van der Waals surface area contributed by atoms with Crippen LogP contribution in [0.2, 0.25) is 0 Å². The van der Waals surface area contributed by atoms with E-state index in [1.54, 1.807) is 0 Å². The number of rotatable bonds is 7. The molecule has 2 saturated heterocycles. The average Bonchev–Trinajstić information content (AvgIpc) is 3.37. The topological polar surface area (TPSA) is 56.7 Å². The van der Waals surface area contributed by atoms with E-state index < -0.39 is 23.8 Å². The van der Waals surface area contributed by atoms with Crippen molar-refractivity contribution in [3.8, 4) is 0 Å². The van der Waals surface area contributed by atoms with Gasteiger partial charge in [0.25, 0.3) is 0 Å². The van der Waals surface area contributed by atoms with E-state index in [-0.39, 0.29) is 0 Å². The van der Waals surface area contributed by atoms with Crippen molar-refractivity contribution in [3.05, 3.63) is 64.5 Å². The molecule has 1 aromatic heterocycles. The first-order valence-corrected chi connectivity index (χ1v) is 13.6. The van der Waals surface area contributed by atoms with Crippen LogP contribution in [-0.4, -0.2) is 58.1 Å². The Morgan fingerprint density at radius 3 is 2.43 bits per heavy atom. The summed E-state index contributed by atoms with van der Waals surface area (Å²) in [7, 11) is 0. The van der Waals surface area contributed by atoms with Crippen LogP contribution in [0, 0.1) is 5.92 Å². The van der Waals surface area contributed by atoms with Gasteiger partial charge >= 0.3 is 12.1 Å². The fraction of sp³-hybridized carbons (Fsp3) is 0.586. The molecule has 0 radical (unpaired) electrons. The van der Waals surface area contributed by atoms with Gasteiger partial charge in [-0.3, -0.25) is 19.6 Å². The van der Waals surface area contributed by atoms with Crippen LogP contribution in [-0.2, 0) is 30.2 Å². The molecule has 1 N–H and O–H groups in total. The zero-order valence-electron chi connectivity index (χ0n) is 21.2. The summed E-state index contributed by atoms with van der Waals surface area (Å²) in [6.45, 7) is 3.28. The Bertz CT molecular complexity index is 1080. The van der Waals surface area contributed by atoms with Crippen molar-refractivity contribution in [3.63, 3.8) is 0 Å². The number of fused-ring (bicyclic) bond motifs is 1. The van der Waals surface area contributed by atoms with Crippen molar-refractivity contribution >= 4 is 5.97 Å². The number of nitrogens with zero attached hydrogens (tertiary/aromatic N) is 3. The second-order valence-corrected chi connectivity index (χ2v) is 10.9. The quantitative estimate of drug-likeness (QED) is 0.526. The summed E-state index contributed by atoms with van der Waals surface area (Å²) in [4.78, 5) is 21.4. The van der Waals surface area contributed by atoms with Crippen molar-refractivity contribution < 1.29 is 23.1 Å². The number of hydrogen-bond donors (Lipinski definition) is 1. The van der Waals surface area contributed by atoms with Gasteiger partial charge in [0.15, 0.2) is 0 Å². The van der Waals surface area contributed by atoms with Crippen LogP contribution in [0.1, 0.15) is 72.6 Å². The largest absolute Gasteiger partial charge is 0.480 e. The number of likely N-dealkylation sites (tertiary alicyclic amines) is 2. The number of piperidine rings is 1. The molecule has 0 unspecified atom stereocenters. The molecule has 1 aliphatic carbocycles. The monoisotopic (exact) mass is 515 g/mol. The molecule has 2 fully saturated rings. The Labute approximate surface area is 216 Å². The molecule has 0 spiro atoms. The minimum Gasteiger partial charge on any atom is -0.480 e. The standard InChI is InChI=1S/C29H36F3N3O2/c30-29(31,32)23-9-6-22(7-10-23)27(28(36)37)35-18-15-25(19-35)34-16-13-20(14-17-34)5-11-24-12-8-21-3-1-2-4-26(21)33-24/h6-10,12,20,25,27H,1-5,11,13-19H2,(H,36,37)/t25-,27+/m1/s1. The minimum atomic E-state index is -4.43. The number of carboxylic acids is 1. The van der Waals surface area contributed by atoms with E-state index in [4.69, 9.17) is 4.98 Å². The van der Waals surface area contributed by atoms with E-state index in [0.29, 0.717) is 30.6 Å². The molecule has 2 atom stereocenters. The molecule has 5 nitrogen and oxygen atoms in total. The van der Waals surface area contributed by atoms with Crippen LogP contribution in [0.25, 0.3) is 0 Å². The number of aliphatic carboxylic acids is 1. The Kier molecular flexibility index (Phi) is 7.86. The second-order valence-electron chi connectivity index (χ2n) is 10.9. The third kappa shape index (κ3) is 6.17. The summed E-state index contributed by atoms with van der Waals surface area (Å²) in [5.74, 6) is -0.333. The van der Waals surface area contributed by atoms with Gasteiger partial charge in [-0.25, -0.2) is 0 Å². The molecule has 5 rings (SSSR count). The Morgan fingerprint density at radius 1 is 1.00 bits per heavy atom. The zero-order chi connectivity index (χ0) is 26.0. The summed E-state index contributed by atoms with van der Waals surface area (Å²) in [6.07, 6.45) is 5.72. The predicted molar refractivity (Wildman–Crippen MR) is 135 cm³/mol. The SMILES string of the molecule is O=C(O)[C@H](c1ccc(C(F)(F)F)cc1)N1CC[C@@H](N2CCC(CCc3ccc4c(n3)CCCC4)CC2)C1. The van der Waals surface area contributed by atoms with Crippen LogP contribution in [0.15, 0.2) is 36.4 Å². The number of hydrogen-bond acceptors (Lipinski definition) is 4. The molecule has 2 aromatic rings. The fourth-order valence-corrected chi connectivity index (χ4v) is 6.39. The van der Waals surface area contributed by atoms with Crippen molar-refractivity contribution in [1.82, 2.24) is 14.8 Å². The van der Waals surface area contributed by atoms with Crippen LogP contribution < -0.4 is 0 Å². The number of aryl methyl sites for hydroxylation is 3. The maximum absolute atomic E-state index is 12.9. The van der Waals surface area contributed by atoms with Crippen molar-refractivity contribution in [2.75, 3.05) is 26.2 Å². The van der Waals surface area contributed by atoms with E-state index in [2.05, 4.69) is 17.0 Å². The average molecular weight is 516 g/mol. The van der Waals surface area contributed by atoms with E-state index in [1.807, 2.05) is 4.90 Å². The molecule has 0 bridgehead atoms. The predicted octanol–water partition coefficient (Wildman–Crippen LogP) is 5.52. The third-order valence-electron chi connectivity index (χ3n) is 8.56. The first-order chi connectivity index (χ1) is 17.8. The molecular weight excluding hydrogens is 479 g/mol. The van der Waals surface area contributed by atoms with Gasteiger partial charge in [-0.05, 0) is 106 Å². The lowest BCUT2D eigenvalue weighted by atomic mass is 9.90. The maximum atomic E-state index is 12.9. The summed E-state index contributed by atoms with van der Waals surface area (Å²) >= 11 is 0. The highest BCUT2D eigenvalue weighted by Crippen LogP contribution is 2.33. The number of aromatic nitrogens is 1. The Hall–Kier alpha value is -2.45. The minimum absolute atomic E-state index is 0.291. The van der Waals surface area contributed by atoms with Gasteiger partial charge in [0.2, 0.25) is 0 Å².